The van der Waals surface area contributed by atoms with Gasteiger partial charge in [-0.2, -0.15) is 0 Å². The second-order valence-corrected chi connectivity index (χ2v) is 5.88. The van der Waals surface area contributed by atoms with Gasteiger partial charge in [0, 0.05) is 13.0 Å². The number of hydrogen-bond donors (Lipinski definition) is 1. The number of rotatable bonds is 8. The third-order valence-corrected chi connectivity index (χ3v) is 4.12. The van der Waals surface area contributed by atoms with Crippen LogP contribution in [0.5, 0.6) is 11.5 Å². The van der Waals surface area contributed by atoms with Gasteiger partial charge in [-0.3, -0.25) is 0 Å². The van der Waals surface area contributed by atoms with E-state index >= 15 is 0 Å². The second kappa shape index (κ2) is 8.93. The number of ether oxygens (including phenoxy) is 2. The number of fused-ring (bicyclic) bond motifs is 1. The fourth-order valence-electron chi connectivity index (χ4n) is 2.68. The summed E-state index contributed by atoms with van der Waals surface area (Å²) in [5.74, 6) is 2.57. The molecule has 1 aliphatic rings. The Morgan fingerprint density at radius 1 is 1.14 bits per heavy atom. The molecule has 3 nitrogen and oxygen atoms in total. The van der Waals surface area contributed by atoms with Crippen LogP contribution < -0.4 is 14.8 Å². The predicted octanol–water partition coefficient (Wildman–Crippen LogP) is 4.15. The number of nitrogens with one attached hydrogen (secondary N) is 1. The maximum Gasteiger partial charge on any atom is 0.161 e. The lowest BCUT2D eigenvalue weighted by atomic mass is 9.99. The highest BCUT2D eigenvalue weighted by Gasteiger charge is 2.11. The van der Waals surface area contributed by atoms with E-state index in [-0.39, 0.29) is 0 Å². The Hall–Kier alpha value is -1.22. The van der Waals surface area contributed by atoms with Gasteiger partial charge in [-0.15, -0.1) is 0 Å². The van der Waals surface area contributed by atoms with Crippen molar-refractivity contribution in [1.82, 2.24) is 5.32 Å². The third kappa shape index (κ3) is 5.24. The van der Waals surface area contributed by atoms with Crippen LogP contribution in [0.25, 0.3) is 0 Å². The van der Waals surface area contributed by atoms with Gasteiger partial charge in [0.2, 0.25) is 0 Å². The molecule has 0 bridgehead atoms. The monoisotopic (exact) mass is 291 g/mol. The van der Waals surface area contributed by atoms with Crippen molar-refractivity contribution in [1.29, 1.82) is 0 Å². The van der Waals surface area contributed by atoms with Crippen molar-refractivity contribution in [3.8, 4) is 11.5 Å². The quantitative estimate of drug-likeness (QED) is 0.780. The molecule has 1 heterocycles. The fourth-order valence-corrected chi connectivity index (χ4v) is 2.68. The number of benzene rings is 1. The van der Waals surface area contributed by atoms with E-state index in [2.05, 4.69) is 31.3 Å². The third-order valence-electron chi connectivity index (χ3n) is 4.12. The largest absolute Gasteiger partial charge is 0.490 e. The molecular formula is C18H29NO2. The number of unbranched alkanes of at least 4 members (excludes halogenated alkanes) is 1. The summed E-state index contributed by atoms with van der Waals surface area (Å²) >= 11 is 0. The minimum absolute atomic E-state index is 0.749. The molecule has 0 fully saturated rings. The molecular weight excluding hydrogens is 262 g/mol. The van der Waals surface area contributed by atoms with Crippen molar-refractivity contribution in [2.45, 2.75) is 52.5 Å². The molecule has 1 aromatic rings. The second-order valence-electron chi connectivity index (χ2n) is 5.88. The van der Waals surface area contributed by atoms with Gasteiger partial charge in [0.05, 0.1) is 13.2 Å². The minimum Gasteiger partial charge on any atom is -0.490 e. The topological polar surface area (TPSA) is 30.5 Å². The molecule has 0 saturated carbocycles. The summed E-state index contributed by atoms with van der Waals surface area (Å²) in [7, 11) is 0. The van der Waals surface area contributed by atoms with Crippen molar-refractivity contribution >= 4 is 0 Å². The molecule has 0 radical (unpaired) electrons. The maximum absolute atomic E-state index is 5.74. The predicted molar refractivity (Wildman–Crippen MR) is 87.1 cm³/mol. The first-order valence-electron chi connectivity index (χ1n) is 8.42. The lowest BCUT2D eigenvalue weighted by Crippen LogP contribution is -2.22. The molecule has 2 rings (SSSR count). The van der Waals surface area contributed by atoms with Crippen LogP contribution in [-0.2, 0) is 6.54 Å². The summed E-state index contributed by atoms with van der Waals surface area (Å²) in [4.78, 5) is 0. The van der Waals surface area contributed by atoms with Gasteiger partial charge in [0.25, 0.3) is 0 Å². The molecule has 0 saturated heterocycles. The van der Waals surface area contributed by atoms with Gasteiger partial charge in [-0.25, -0.2) is 0 Å². The van der Waals surface area contributed by atoms with Crippen LogP contribution in [-0.4, -0.2) is 19.8 Å². The van der Waals surface area contributed by atoms with E-state index in [4.69, 9.17) is 9.47 Å². The highest BCUT2D eigenvalue weighted by molar-refractivity contribution is 5.43. The summed E-state index contributed by atoms with van der Waals surface area (Å²) in [6, 6.07) is 6.28. The normalized spacial score (nSPS) is 15.5. The molecule has 1 aromatic carbocycles. The van der Waals surface area contributed by atoms with Crippen molar-refractivity contribution in [2.24, 2.45) is 5.92 Å². The smallest absolute Gasteiger partial charge is 0.161 e. The standard InChI is InChI=1S/C18H29NO2/c1-3-5-7-15(4-2)13-19-14-16-8-9-17-18(12-16)21-11-6-10-20-17/h8-9,12,15,19H,3-7,10-11,13-14H2,1-2H3. The molecule has 21 heavy (non-hydrogen) atoms. The Kier molecular flexibility index (Phi) is 6.87. The molecule has 3 heteroatoms. The van der Waals surface area contributed by atoms with Crippen molar-refractivity contribution < 1.29 is 9.47 Å². The first kappa shape index (κ1) is 16.2. The van der Waals surface area contributed by atoms with Crippen molar-refractivity contribution in [2.75, 3.05) is 19.8 Å². The zero-order valence-electron chi connectivity index (χ0n) is 13.5. The molecule has 1 N–H and O–H groups in total. The molecule has 1 aliphatic heterocycles. The minimum atomic E-state index is 0.749. The van der Waals surface area contributed by atoms with Crippen LogP contribution in [0.2, 0.25) is 0 Å². The van der Waals surface area contributed by atoms with Gasteiger partial charge in [-0.1, -0.05) is 39.2 Å². The average molecular weight is 291 g/mol. The van der Waals surface area contributed by atoms with Gasteiger partial charge >= 0.3 is 0 Å². The van der Waals surface area contributed by atoms with Gasteiger partial charge in [-0.05, 0) is 36.6 Å². The highest BCUT2D eigenvalue weighted by Crippen LogP contribution is 2.30. The van der Waals surface area contributed by atoms with E-state index in [1.165, 1.54) is 31.2 Å². The van der Waals surface area contributed by atoms with Crippen LogP contribution in [0.15, 0.2) is 18.2 Å². The lowest BCUT2D eigenvalue weighted by Gasteiger charge is -2.16. The van der Waals surface area contributed by atoms with E-state index in [1.807, 2.05) is 6.07 Å². The number of hydrogen-bond acceptors (Lipinski definition) is 3. The molecule has 0 aliphatic carbocycles. The summed E-state index contributed by atoms with van der Waals surface area (Å²) < 4.78 is 11.4. The van der Waals surface area contributed by atoms with Gasteiger partial charge in [0.15, 0.2) is 11.5 Å². The Labute approximate surface area is 129 Å². The molecule has 0 spiro atoms. The SMILES string of the molecule is CCCCC(CC)CNCc1ccc2c(c1)OCCCO2. The Balaban J connectivity index is 1.81. The maximum atomic E-state index is 5.74. The summed E-state index contributed by atoms with van der Waals surface area (Å²) in [6.45, 7) is 8.05. The van der Waals surface area contributed by atoms with E-state index in [1.54, 1.807) is 0 Å². The molecule has 1 atom stereocenters. The van der Waals surface area contributed by atoms with Crippen LogP contribution >= 0.6 is 0 Å². The lowest BCUT2D eigenvalue weighted by molar-refractivity contribution is 0.297. The van der Waals surface area contributed by atoms with E-state index < -0.39 is 0 Å². The molecule has 118 valence electrons. The zero-order chi connectivity index (χ0) is 14.9. The first-order chi connectivity index (χ1) is 10.3. The molecule has 0 amide bonds. The summed E-state index contributed by atoms with van der Waals surface area (Å²) in [6.07, 6.45) is 6.18. The van der Waals surface area contributed by atoms with Crippen LogP contribution in [0.4, 0.5) is 0 Å². The average Bonchev–Trinajstić information content (AvgIpc) is 2.75. The van der Waals surface area contributed by atoms with E-state index in [9.17, 15) is 0 Å². The van der Waals surface area contributed by atoms with Gasteiger partial charge < -0.3 is 14.8 Å². The van der Waals surface area contributed by atoms with Gasteiger partial charge in [0.1, 0.15) is 0 Å². The highest BCUT2D eigenvalue weighted by atomic mass is 16.5. The molecule has 0 aromatic heterocycles. The van der Waals surface area contributed by atoms with E-state index in [0.717, 1.165) is 50.1 Å². The van der Waals surface area contributed by atoms with E-state index in [0.29, 0.717) is 0 Å². The Morgan fingerprint density at radius 2 is 1.95 bits per heavy atom. The fraction of sp³-hybridized carbons (Fsp3) is 0.667. The Bertz CT molecular complexity index is 420. The van der Waals surface area contributed by atoms with Crippen LogP contribution in [0.3, 0.4) is 0 Å². The van der Waals surface area contributed by atoms with Crippen molar-refractivity contribution in [3.63, 3.8) is 0 Å². The Morgan fingerprint density at radius 3 is 2.71 bits per heavy atom. The first-order valence-corrected chi connectivity index (χ1v) is 8.42. The van der Waals surface area contributed by atoms with Crippen LogP contribution in [0, 0.1) is 5.92 Å². The van der Waals surface area contributed by atoms with Crippen LogP contribution in [0.1, 0.15) is 51.5 Å². The summed E-state index contributed by atoms with van der Waals surface area (Å²) in [5.41, 5.74) is 1.27. The zero-order valence-corrected chi connectivity index (χ0v) is 13.5. The summed E-state index contributed by atoms with van der Waals surface area (Å²) in [5, 5.41) is 3.59. The molecule has 1 unspecified atom stereocenters. The van der Waals surface area contributed by atoms with Crippen molar-refractivity contribution in [3.05, 3.63) is 23.8 Å².